The summed E-state index contributed by atoms with van der Waals surface area (Å²) in [6.45, 7) is 9.75. The first-order chi connectivity index (χ1) is 9.80. The van der Waals surface area contributed by atoms with Crippen LogP contribution >= 0.6 is 11.3 Å². The van der Waals surface area contributed by atoms with E-state index in [-0.39, 0.29) is 0 Å². The third-order valence-corrected chi connectivity index (χ3v) is 4.20. The van der Waals surface area contributed by atoms with Gasteiger partial charge in [-0.05, 0) is 43.9 Å². The molecule has 2 N–H and O–H groups in total. The van der Waals surface area contributed by atoms with Gasteiger partial charge in [0.05, 0.1) is 6.54 Å². The fourth-order valence-electron chi connectivity index (χ4n) is 2.01. The Morgan fingerprint density at radius 1 is 1.25 bits per heavy atom. The van der Waals surface area contributed by atoms with Crippen LogP contribution in [0.1, 0.15) is 31.6 Å². The van der Waals surface area contributed by atoms with Gasteiger partial charge in [-0.15, -0.1) is 11.3 Å². The molecule has 0 bridgehead atoms. The molecule has 0 atom stereocenters. The monoisotopic (exact) mass is 296 g/mol. The summed E-state index contributed by atoms with van der Waals surface area (Å²) in [5.41, 5.74) is 0. The van der Waals surface area contributed by atoms with Crippen LogP contribution < -0.4 is 10.6 Å². The molecule has 0 radical (unpaired) electrons. The topological polar surface area (TPSA) is 39.7 Å². The molecular formula is C15H28N4S. The first-order valence-electron chi connectivity index (χ1n) is 7.49. The Balaban J connectivity index is 2.09. The quantitative estimate of drug-likeness (QED) is 0.418. The summed E-state index contributed by atoms with van der Waals surface area (Å²) in [6, 6.07) is 4.21. The molecule has 0 aliphatic carbocycles. The predicted molar refractivity (Wildman–Crippen MR) is 89.5 cm³/mol. The molecule has 114 valence electrons. The van der Waals surface area contributed by atoms with Crippen molar-refractivity contribution >= 4 is 17.3 Å². The number of nitrogens with zero attached hydrogens (tertiary/aromatic N) is 2. The molecule has 4 nitrogen and oxygen atoms in total. The minimum absolute atomic E-state index is 0.844. The van der Waals surface area contributed by atoms with Crippen molar-refractivity contribution in [2.24, 2.45) is 4.99 Å². The first-order valence-corrected chi connectivity index (χ1v) is 8.37. The summed E-state index contributed by atoms with van der Waals surface area (Å²) in [5, 5.41) is 8.80. The highest BCUT2D eigenvalue weighted by Gasteiger charge is 2.00. The van der Waals surface area contributed by atoms with Gasteiger partial charge in [-0.3, -0.25) is 4.99 Å². The fraction of sp³-hybridized carbons (Fsp3) is 0.667. The number of thiophene rings is 1. The van der Waals surface area contributed by atoms with Crippen molar-refractivity contribution in [1.82, 2.24) is 15.5 Å². The number of aliphatic imine (C=N–C) groups is 1. The molecule has 0 fully saturated rings. The second-order valence-corrected chi connectivity index (χ2v) is 5.70. The van der Waals surface area contributed by atoms with Gasteiger partial charge in [-0.2, -0.15) is 0 Å². The molecule has 0 aromatic carbocycles. The number of hydrogen-bond acceptors (Lipinski definition) is 3. The highest BCUT2D eigenvalue weighted by molar-refractivity contribution is 7.09. The second-order valence-electron chi connectivity index (χ2n) is 4.67. The Hall–Kier alpha value is -1.07. The van der Waals surface area contributed by atoms with Gasteiger partial charge in [-0.1, -0.05) is 19.9 Å². The van der Waals surface area contributed by atoms with E-state index in [1.807, 2.05) is 7.05 Å². The van der Waals surface area contributed by atoms with Crippen molar-refractivity contribution < 1.29 is 0 Å². The van der Waals surface area contributed by atoms with Gasteiger partial charge in [0, 0.05) is 18.5 Å². The van der Waals surface area contributed by atoms with Crippen molar-refractivity contribution in [3.63, 3.8) is 0 Å². The third kappa shape index (κ3) is 6.91. The van der Waals surface area contributed by atoms with Gasteiger partial charge in [-0.25, -0.2) is 0 Å². The van der Waals surface area contributed by atoms with E-state index in [1.165, 1.54) is 24.3 Å². The molecule has 0 aliphatic heterocycles. The van der Waals surface area contributed by atoms with Gasteiger partial charge in [0.1, 0.15) is 0 Å². The van der Waals surface area contributed by atoms with E-state index in [1.54, 1.807) is 11.3 Å². The number of hydrogen-bond donors (Lipinski definition) is 2. The number of rotatable bonds is 9. The van der Waals surface area contributed by atoms with Crippen LogP contribution in [0.2, 0.25) is 0 Å². The van der Waals surface area contributed by atoms with Gasteiger partial charge in [0.2, 0.25) is 0 Å². The normalized spacial score (nSPS) is 11.9. The van der Waals surface area contributed by atoms with Crippen molar-refractivity contribution in [3.05, 3.63) is 22.4 Å². The standard InChI is InChI=1S/C15H28N4S/c1-4-19(5-2)11-7-6-10-17-15(16-3)18-13-14-9-8-12-20-14/h8-9,12H,4-7,10-11,13H2,1-3H3,(H2,16,17,18). The van der Waals surface area contributed by atoms with Gasteiger partial charge in [0.15, 0.2) is 5.96 Å². The lowest BCUT2D eigenvalue weighted by molar-refractivity contribution is 0.297. The smallest absolute Gasteiger partial charge is 0.191 e. The zero-order valence-corrected chi connectivity index (χ0v) is 13.8. The van der Waals surface area contributed by atoms with Gasteiger partial charge >= 0.3 is 0 Å². The Labute approximate surface area is 127 Å². The molecule has 0 saturated heterocycles. The zero-order chi connectivity index (χ0) is 14.6. The summed E-state index contributed by atoms with van der Waals surface area (Å²) in [6.07, 6.45) is 2.41. The van der Waals surface area contributed by atoms with Crippen LogP contribution in [0, 0.1) is 0 Å². The maximum atomic E-state index is 4.24. The molecule has 1 aromatic rings. The van der Waals surface area contributed by atoms with Crippen molar-refractivity contribution in [1.29, 1.82) is 0 Å². The van der Waals surface area contributed by atoms with E-state index in [2.05, 4.69) is 51.9 Å². The van der Waals surface area contributed by atoms with Crippen LogP contribution in [-0.4, -0.2) is 44.1 Å². The van der Waals surface area contributed by atoms with Crippen molar-refractivity contribution in [2.75, 3.05) is 33.2 Å². The highest BCUT2D eigenvalue weighted by Crippen LogP contribution is 2.07. The van der Waals surface area contributed by atoms with E-state index in [9.17, 15) is 0 Å². The molecule has 0 spiro atoms. The summed E-state index contributed by atoms with van der Waals surface area (Å²) < 4.78 is 0. The number of nitrogens with one attached hydrogen (secondary N) is 2. The molecule has 0 saturated carbocycles. The molecule has 0 amide bonds. The lowest BCUT2D eigenvalue weighted by Crippen LogP contribution is -2.37. The SMILES string of the molecule is CCN(CC)CCCCNC(=NC)NCc1cccs1. The maximum Gasteiger partial charge on any atom is 0.191 e. The Morgan fingerprint density at radius 2 is 2.05 bits per heavy atom. The summed E-state index contributed by atoms with van der Waals surface area (Å²) in [7, 11) is 1.82. The lowest BCUT2D eigenvalue weighted by atomic mass is 10.3. The van der Waals surface area contributed by atoms with Crippen LogP contribution in [0.5, 0.6) is 0 Å². The van der Waals surface area contributed by atoms with Crippen LogP contribution in [0.4, 0.5) is 0 Å². The molecule has 1 heterocycles. The molecule has 5 heteroatoms. The molecule has 1 aromatic heterocycles. The molecule has 0 aliphatic rings. The average molecular weight is 296 g/mol. The van der Waals surface area contributed by atoms with Gasteiger partial charge < -0.3 is 15.5 Å². The van der Waals surface area contributed by atoms with Crippen molar-refractivity contribution in [2.45, 2.75) is 33.2 Å². The summed E-state index contributed by atoms with van der Waals surface area (Å²) >= 11 is 1.76. The highest BCUT2D eigenvalue weighted by atomic mass is 32.1. The molecular weight excluding hydrogens is 268 g/mol. The Bertz CT molecular complexity index is 358. The molecule has 1 rings (SSSR count). The fourth-order valence-corrected chi connectivity index (χ4v) is 2.66. The van der Waals surface area contributed by atoms with E-state index >= 15 is 0 Å². The van der Waals surface area contributed by atoms with E-state index in [0.717, 1.165) is 32.1 Å². The summed E-state index contributed by atoms with van der Waals surface area (Å²) in [4.78, 5) is 8.03. The van der Waals surface area contributed by atoms with Crippen molar-refractivity contribution in [3.8, 4) is 0 Å². The molecule has 0 unspecified atom stereocenters. The lowest BCUT2D eigenvalue weighted by Gasteiger charge is -2.17. The van der Waals surface area contributed by atoms with E-state index in [0.29, 0.717) is 0 Å². The average Bonchev–Trinajstić information content (AvgIpc) is 2.99. The Kier molecular flexibility index (Phi) is 9.07. The predicted octanol–water partition coefficient (Wildman–Crippen LogP) is 2.54. The third-order valence-electron chi connectivity index (χ3n) is 3.32. The largest absolute Gasteiger partial charge is 0.356 e. The van der Waals surface area contributed by atoms with Gasteiger partial charge in [0.25, 0.3) is 0 Å². The summed E-state index contributed by atoms with van der Waals surface area (Å²) in [5.74, 6) is 0.890. The van der Waals surface area contributed by atoms with E-state index in [4.69, 9.17) is 0 Å². The van der Waals surface area contributed by atoms with Crippen LogP contribution in [0.3, 0.4) is 0 Å². The number of guanidine groups is 1. The van der Waals surface area contributed by atoms with E-state index < -0.39 is 0 Å². The van der Waals surface area contributed by atoms with Crippen LogP contribution in [-0.2, 0) is 6.54 Å². The second kappa shape index (κ2) is 10.7. The Morgan fingerprint density at radius 3 is 2.65 bits per heavy atom. The maximum absolute atomic E-state index is 4.24. The first kappa shape index (κ1) is 17.0. The number of unbranched alkanes of at least 4 members (excludes halogenated alkanes) is 1. The van der Waals surface area contributed by atoms with Crippen LogP contribution in [0.25, 0.3) is 0 Å². The minimum Gasteiger partial charge on any atom is -0.356 e. The minimum atomic E-state index is 0.844. The van der Waals surface area contributed by atoms with Crippen LogP contribution in [0.15, 0.2) is 22.5 Å². The zero-order valence-electron chi connectivity index (χ0n) is 13.0. The molecule has 20 heavy (non-hydrogen) atoms.